The van der Waals surface area contributed by atoms with Crippen LogP contribution >= 0.6 is 0 Å². The lowest BCUT2D eigenvalue weighted by Crippen LogP contribution is -2.43. The molecule has 21 heavy (non-hydrogen) atoms. The van der Waals surface area contributed by atoms with Crippen molar-refractivity contribution < 1.29 is 4.39 Å². The highest BCUT2D eigenvalue weighted by Crippen LogP contribution is 2.39. The van der Waals surface area contributed by atoms with E-state index in [0.717, 1.165) is 36.1 Å². The Morgan fingerprint density at radius 1 is 1.43 bits per heavy atom. The van der Waals surface area contributed by atoms with Gasteiger partial charge in [0.25, 0.3) is 0 Å². The van der Waals surface area contributed by atoms with E-state index in [9.17, 15) is 4.39 Å². The van der Waals surface area contributed by atoms with E-state index < -0.39 is 5.54 Å². The number of fused-ring (bicyclic) bond motifs is 1. The zero-order chi connectivity index (χ0) is 15.2. The molecule has 0 aliphatic heterocycles. The molecule has 3 rings (SSSR count). The molecule has 2 unspecified atom stereocenters. The number of imidazole rings is 1. The van der Waals surface area contributed by atoms with E-state index in [0.29, 0.717) is 5.92 Å². The first-order valence-electron chi connectivity index (χ1n) is 7.87. The van der Waals surface area contributed by atoms with Crippen molar-refractivity contribution in [3.63, 3.8) is 0 Å². The van der Waals surface area contributed by atoms with Gasteiger partial charge in [0.05, 0.1) is 16.6 Å². The number of hydrogen-bond acceptors (Lipinski definition) is 2. The van der Waals surface area contributed by atoms with Gasteiger partial charge in [0, 0.05) is 6.04 Å². The lowest BCUT2D eigenvalue weighted by molar-refractivity contribution is 0.220. The standard InChI is InChI=1S/C17H24FN3/c1-11(2)21-15-9-13(18)6-7-14(15)20-16(21)17(19)8-4-5-12(3)10-17/h6-7,9,11-12H,4-5,8,10,19H2,1-3H3. The van der Waals surface area contributed by atoms with Crippen molar-refractivity contribution in [2.75, 3.05) is 0 Å². The van der Waals surface area contributed by atoms with Gasteiger partial charge in [-0.2, -0.15) is 0 Å². The van der Waals surface area contributed by atoms with Crippen LogP contribution in [0.25, 0.3) is 11.0 Å². The first-order chi connectivity index (χ1) is 9.90. The van der Waals surface area contributed by atoms with E-state index in [4.69, 9.17) is 10.7 Å². The average Bonchev–Trinajstić information content (AvgIpc) is 2.77. The third-order valence-electron chi connectivity index (χ3n) is 4.65. The van der Waals surface area contributed by atoms with Crippen molar-refractivity contribution in [2.45, 2.75) is 58.0 Å². The van der Waals surface area contributed by atoms with Gasteiger partial charge < -0.3 is 10.3 Å². The van der Waals surface area contributed by atoms with Crippen molar-refractivity contribution in [3.8, 4) is 0 Å². The van der Waals surface area contributed by atoms with E-state index in [1.165, 1.54) is 12.5 Å². The molecular formula is C17H24FN3. The Morgan fingerprint density at radius 3 is 2.86 bits per heavy atom. The predicted molar refractivity (Wildman–Crippen MR) is 83.6 cm³/mol. The molecule has 1 aliphatic rings. The van der Waals surface area contributed by atoms with E-state index >= 15 is 0 Å². The van der Waals surface area contributed by atoms with Crippen molar-refractivity contribution in [3.05, 3.63) is 29.8 Å². The molecule has 1 fully saturated rings. The highest BCUT2D eigenvalue weighted by molar-refractivity contribution is 5.76. The van der Waals surface area contributed by atoms with Crippen LogP contribution in [0, 0.1) is 11.7 Å². The minimum absolute atomic E-state index is 0.212. The van der Waals surface area contributed by atoms with Crippen LogP contribution in [0.2, 0.25) is 0 Å². The average molecular weight is 289 g/mol. The highest BCUT2D eigenvalue weighted by atomic mass is 19.1. The maximum atomic E-state index is 13.6. The zero-order valence-electron chi connectivity index (χ0n) is 13.1. The summed E-state index contributed by atoms with van der Waals surface area (Å²) < 4.78 is 15.7. The summed E-state index contributed by atoms with van der Waals surface area (Å²) in [4.78, 5) is 4.78. The Kier molecular flexibility index (Phi) is 3.52. The summed E-state index contributed by atoms with van der Waals surface area (Å²) in [5, 5.41) is 0. The quantitative estimate of drug-likeness (QED) is 0.903. The molecule has 1 aliphatic carbocycles. The molecule has 4 heteroatoms. The second-order valence-electron chi connectivity index (χ2n) is 6.89. The fourth-order valence-electron chi connectivity index (χ4n) is 3.74. The van der Waals surface area contributed by atoms with Crippen molar-refractivity contribution in [1.29, 1.82) is 0 Å². The third kappa shape index (κ3) is 2.46. The summed E-state index contributed by atoms with van der Waals surface area (Å²) in [6.07, 6.45) is 4.27. The molecule has 1 aromatic heterocycles. The van der Waals surface area contributed by atoms with Gasteiger partial charge in [-0.3, -0.25) is 0 Å². The monoisotopic (exact) mass is 289 g/mol. The van der Waals surface area contributed by atoms with Crippen LogP contribution in [-0.2, 0) is 5.54 Å². The van der Waals surface area contributed by atoms with Crippen LogP contribution in [0.5, 0.6) is 0 Å². The summed E-state index contributed by atoms with van der Waals surface area (Å²) in [6, 6.07) is 5.00. The topological polar surface area (TPSA) is 43.8 Å². The zero-order valence-corrected chi connectivity index (χ0v) is 13.1. The fourth-order valence-corrected chi connectivity index (χ4v) is 3.74. The number of rotatable bonds is 2. The van der Waals surface area contributed by atoms with E-state index in [1.54, 1.807) is 12.1 Å². The van der Waals surface area contributed by atoms with Crippen LogP contribution in [0.1, 0.15) is 58.3 Å². The molecule has 0 spiro atoms. The van der Waals surface area contributed by atoms with E-state index in [2.05, 4.69) is 25.3 Å². The van der Waals surface area contributed by atoms with Crippen LogP contribution in [0.3, 0.4) is 0 Å². The van der Waals surface area contributed by atoms with Gasteiger partial charge in [-0.15, -0.1) is 0 Å². The Bertz CT molecular complexity index is 661. The van der Waals surface area contributed by atoms with Gasteiger partial charge in [-0.1, -0.05) is 19.8 Å². The molecule has 2 aromatic rings. The maximum absolute atomic E-state index is 13.6. The normalized spacial score (nSPS) is 26.7. The molecule has 1 saturated carbocycles. The molecule has 2 N–H and O–H groups in total. The molecule has 0 saturated heterocycles. The third-order valence-corrected chi connectivity index (χ3v) is 4.65. The smallest absolute Gasteiger partial charge is 0.130 e. The summed E-state index contributed by atoms with van der Waals surface area (Å²) in [7, 11) is 0. The molecule has 1 aromatic carbocycles. The molecule has 2 atom stereocenters. The van der Waals surface area contributed by atoms with Gasteiger partial charge in [-0.25, -0.2) is 9.37 Å². The van der Waals surface area contributed by atoms with Crippen LogP contribution in [0.15, 0.2) is 18.2 Å². The van der Waals surface area contributed by atoms with Crippen molar-refractivity contribution in [1.82, 2.24) is 9.55 Å². The van der Waals surface area contributed by atoms with Crippen LogP contribution in [-0.4, -0.2) is 9.55 Å². The Balaban J connectivity index is 2.19. The van der Waals surface area contributed by atoms with E-state index in [-0.39, 0.29) is 11.9 Å². The molecule has 0 radical (unpaired) electrons. The number of nitrogens with two attached hydrogens (primary N) is 1. The number of benzene rings is 1. The maximum Gasteiger partial charge on any atom is 0.130 e. The molecule has 3 nitrogen and oxygen atoms in total. The molecule has 1 heterocycles. The molecular weight excluding hydrogens is 265 g/mol. The van der Waals surface area contributed by atoms with E-state index in [1.807, 2.05) is 0 Å². The second kappa shape index (κ2) is 5.09. The Hall–Kier alpha value is -1.42. The van der Waals surface area contributed by atoms with Crippen molar-refractivity contribution >= 4 is 11.0 Å². The van der Waals surface area contributed by atoms with Crippen LogP contribution in [0.4, 0.5) is 4.39 Å². The van der Waals surface area contributed by atoms with Gasteiger partial charge in [0.1, 0.15) is 11.6 Å². The minimum Gasteiger partial charge on any atom is -0.324 e. The SMILES string of the molecule is CC1CCCC(N)(c2nc3ccc(F)cc3n2C(C)C)C1. The Labute approximate surface area is 125 Å². The molecule has 0 bridgehead atoms. The molecule has 0 amide bonds. The van der Waals surface area contributed by atoms with Crippen molar-refractivity contribution in [2.24, 2.45) is 11.7 Å². The largest absolute Gasteiger partial charge is 0.324 e. The lowest BCUT2D eigenvalue weighted by Gasteiger charge is -2.37. The summed E-state index contributed by atoms with van der Waals surface area (Å²) in [5.41, 5.74) is 8.03. The highest BCUT2D eigenvalue weighted by Gasteiger charge is 2.37. The van der Waals surface area contributed by atoms with Gasteiger partial charge in [0.2, 0.25) is 0 Å². The minimum atomic E-state index is -0.391. The number of halogens is 1. The van der Waals surface area contributed by atoms with Gasteiger partial charge in [-0.05, 0) is 50.8 Å². The first-order valence-corrected chi connectivity index (χ1v) is 7.87. The van der Waals surface area contributed by atoms with Gasteiger partial charge in [0.15, 0.2) is 0 Å². The summed E-state index contributed by atoms with van der Waals surface area (Å²) in [5.74, 6) is 1.31. The Morgan fingerprint density at radius 2 is 2.19 bits per heavy atom. The lowest BCUT2D eigenvalue weighted by atomic mass is 9.76. The molecule has 114 valence electrons. The number of hydrogen-bond donors (Lipinski definition) is 1. The fraction of sp³-hybridized carbons (Fsp3) is 0.588. The van der Waals surface area contributed by atoms with Crippen LogP contribution < -0.4 is 5.73 Å². The number of nitrogens with zero attached hydrogens (tertiary/aromatic N) is 2. The summed E-state index contributed by atoms with van der Waals surface area (Å²) in [6.45, 7) is 6.46. The first kappa shape index (κ1) is 14.5. The summed E-state index contributed by atoms with van der Waals surface area (Å²) >= 11 is 0. The predicted octanol–water partition coefficient (Wildman–Crippen LogP) is 4.12. The number of aromatic nitrogens is 2. The van der Waals surface area contributed by atoms with Gasteiger partial charge >= 0.3 is 0 Å². The second-order valence-corrected chi connectivity index (χ2v) is 6.89.